The van der Waals surface area contributed by atoms with E-state index in [0.29, 0.717) is 15.4 Å². The number of nitriles is 1. The number of hydrogen-bond acceptors (Lipinski definition) is 3. The zero-order chi connectivity index (χ0) is 13.0. The molecule has 4 heteroatoms. The van der Waals surface area contributed by atoms with Crippen LogP contribution in [-0.2, 0) is 17.4 Å². The van der Waals surface area contributed by atoms with Crippen LogP contribution in [0.4, 0.5) is 0 Å². The molecule has 0 fully saturated rings. The molecule has 2 rings (SSSR count). The van der Waals surface area contributed by atoms with Crippen molar-refractivity contribution in [2.75, 3.05) is 0 Å². The van der Waals surface area contributed by atoms with E-state index in [9.17, 15) is 4.21 Å². The summed E-state index contributed by atoms with van der Waals surface area (Å²) in [5.41, 5.74) is 1.21. The summed E-state index contributed by atoms with van der Waals surface area (Å²) in [7, 11) is -1.33. The Bertz CT molecular complexity index is 632. The van der Waals surface area contributed by atoms with E-state index in [4.69, 9.17) is 10.4 Å². The first-order chi connectivity index (χ1) is 8.74. The average molecular weight is 257 g/mol. The predicted molar refractivity (Wildman–Crippen MR) is 68.2 cm³/mol. The summed E-state index contributed by atoms with van der Waals surface area (Å²) in [5, 5.41) is 17.9. The molecule has 0 bridgehead atoms. The van der Waals surface area contributed by atoms with Crippen molar-refractivity contribution >= 4 is 10.8 Å². The Hall–Kier alpha value is -1.96. The van der Waals surface area contributed by atoms with Crippen LogP contribution >= 0.6 is 0 Å². The second kappa shape index (κ2) is 5.58. The maximum absolute atomic E-state index is 12.3. The molecule has 2 aromatic carbocycles. The van der Waals surface area contributed by atoms with Gasteiger partial charge in [-0.25, -0.2) is 4.21 Å². The minimum absolute atomic E-state index is 0.0801. The van der Waals surface area contributed by atoms with Crippen molar-refractivity contribution in [1.29, 1.82) is 5.26 Å². The SMILES string of the molecule is N#Cc1cccc([S@@](=O)c2cccc(CO)c2)c1. The van der Waals surface area contributed by atoms with Crippen LogP contribution in [0, 0.1) is 11.3 Å². The number of aliphatic hydroxyl groups is 1. The summed E-state index contributed by atoms with van der Waals surface area (Å²) in [6, 6.07) is 15.7. The Morgan fingerprint density at radius 1 is 1.11 bits per heavy atom. The van der Waals surface area contributed by atoms with Crippen molar-refractivity contribution in [3.05, 3.63) is 59.7 Å². The average Bonchev–Trinajstić information content (AvgIpc) is 2.46. The maximum Gasteiger partial charge on any atom is 0.0992 e. The lowest BCUT2D eigenvalue weighted by molar-refractivity contribution is 0.281. The van der Waals surface area contributed by atoms with E-state index in [1.54, 1.807) is 48.5 Å². The van der Waals surface area contributed by atoms with E-state index in [-0.39, 0.29) is 6.61 Å². The standard InChI is InChI=1S/C14H11NO2S/c15-9-11-3-1-5-13(7-11)18(17)14-6-2-4-12(8-14)10-16/h1-8,16H,10H2/t18-/m1/s1. The summed E-state index contributed by atoms with van der Waals surface area (Å²) in [6.45, 7) is -0.0801. The van der Waals surface area contributed by atoms with E-state index >= 15 is 0 Å². The molecule has 1 N–H and O–H groups in total. The Kier molecular flexibility index (Phi) is 3.88. The molecule has 18 heavy (non-hydrogen) atoms. The summed E-state index contributed by atoms with van der Waals surface area (Å²) in [5.74, 6) is 0. The van der Waals surface area contributed by atoms with E-state index in [2.05, 4.69) is 0 Å². The van der Waals surface area contributed by atoms with Gasteiger partial charge >= 0.3 is 0 Å². The van der Waals surface area contributed by atoms with Gasteiger partial charge in [-0.2, -0.15) is 5.26 Å². The van der Waals surface area contributed by atoms with Gasteiger partial charge in [0.25, 0.3) is 0 Å². The van der Waals surface area contributed by atoms with Gasteiger partial charge in [-0.3, -0.25) is 0 Å². The van der Waals surface area contributed by atoms with E-state index in [1.165, 1.54) is 0 Å². The van der Waals surface area contributed by atoms with Crippen LogP contribution in [-0.4, -0.2) is 9.32 Å². The molecular weight excluding hydrogens is 246 g/mol. The molecule has 1 atom stereocenters. The van der Waals surface area contributed by atoms with Crippen molar-refractivity contribution < 1.29 is 9.32 Å². The molecule has 90 valence electrons. The van der Waals surface area contributed by atoms with Gasteiger partial charge in [0.2, 0.25) is 0 Å². The Balaban J connectivity index is 2.38. The van der Waals surface area contributed by atoms with Crippen molar-refractivity contribution in [2.45, 2.75) is 16.4 Å². The molecule has 0 unspecified atom stereocenters. The molecule has 0 spiro atoms. The molecule has 2 aromatic rings. The monoisotopic (exact) mass is 257 g/mol. The molecule has 0 amide bonds. The highest BCUT2D eigenvalue weighted by molar-refractivity contribution is 7.85. The molecule has 0 aliphatic rings. The highest BCUT2D eigenvalue weighted by atomic mass is 32.2. The molecule has 0 saturated heterocycles. The molecule has 3 nitrogen and oxygen atoms in total. The Morgan fingerprint density at radius 3 is 2.44 bits per heavy atom. The predicted octanol–water partition coefficient (Wildman–Crippen LogP) is 2.22. The first-order valence-corrected chi connectivity index (χ1v) is 6.51. The van der Waals surface area contributed by atoms with Crippen molar-refractivity contribution in [3.63, 3.8) is 0 Å². The van der Waals surface area contributed by atoms with Crippen LogP contribution in [0.15, 0.2) is 58.3 Å². The van der Waals surface area contributed by atoms with E-state index < -0.39 is 10.8 Å². The highest BCUT2D eigenvalue weighted by Crippen LogP contribution is 2.18. The minimum atomic E-state index is -1.33. The van der Waals surface area contributed by atoms with Crippen LogP contribution in [0.5, 0.6) is 0 Å². The zero-order valence-corrected chi connectivity index (χ0v) is 10.4. The highest BCUT2D eigenvalue weighted by Gasteiger charge is 2.08. The fraction of sp³-hybridized carbons (Fsp3) is 0.0714. The van der Waals surface area contributed by atoms with Crippen LogP contribution in [0.2, 0.25) is 0 Å². The number of nitrogens with zero attached hydrogens (tertiary/aromatic N) is 1. The quantitative estimate of drug-likeness (QED) is 0.917. The summed E-state index contributed by atoms with van der Waals surface area (Å²) < 4.78 is 12.3. The van der Waals surface area contributed by atoms with Gasteiger partial charge in [0.15, 0.2) is 0 Å². The van der Waals surface area contributed by atoms with Gasteiger partial charge in [-0.1, -0.05) is 18.2 Å². The molecule has 0 saturated carbocycles. The topological polar surface area (TPSA) is 61.1 Å². The van der Waals surface area contributed by atoms with Gasteiger partial charge < -0.3 is 5.11 Å². The largest absolute Gasteiger partial charge is 0.392 e. The van der Waals surface area contributed by atoms with Gasteiger partial charge in [-0.05, 0) is 35.9 Å². The second-order valence-corrected chi connectivity index (χ2v) is 5.19. The van der Waals surface area contributed by atoms with Crippen molar-refractivity contribution in [2.24, 2.45) is 0 Å². The second-order valence-electron chi connectivity index (χ2n) is 3.71. The third-order valence-electron chi connectivity index (χ3n) is 2.47. The fourth-order valence-electron chi connectivity index (χ4n) is 1.58. The fourth-order valence-corrected chi connectivity index (χ4v) is 2.75. The molecule has 0 aliphatic carbocycles. The lowest BCUT2D eigenvalue weighted by atomic mass is 10.2. The van der Waals surface area contributed by atoms with Crippen LogP contribution < -0.4 is 0 Å². The lowest BCUT2D eigenvalue weighted by Gasteiger charge is -2.04. The smallest absolute Gasteiger partial charge is 0.0992 e. The molecule has 0 aromatic heterocycles. The summed E-state index contributed by atoms with van der Waals surface area (Å²) in [4.78, 5) is 1.21. The zero-order valence-electron chi connectivity index (χ0n) is 9.54. The minimum Gasteiger partial charge on any atom is -0.392 e. The lowest BCUT2D eigenvalue weighted by Crippen LogP contribution is -1.95. The molecule has 0 heterocycles. The normalized spacial score (nSPS) is 11.8. The van der Waals surface area contributed by atoms with Crippen molar-refractivity contribution in [1.82, 2.24) is 0 Å². The molecule has 0 radical (unpaired) electrons. The first kappa shape index (κ1) is 12.5. The number of hydrogen-bond donors (Lipinski definition) is 1. The molecule has 0 aliphatic heterocycles. The summed E-state index contributed by atoms with van der Waals surface area (Å²) >= 11 is 0. The van der Waals surface area contributed by atoms with Crippen LogP contribution in [0.1, 0.15) is 11.1 Å². The van der Waals surface area contributed by atoms with Crippen LogP contribution in [0.3, 0.4) is 0 Å². The Morgan fingerprint density at radius 2 is 1.78 bits per heavy atom. The van der Waals surface area contributed by atoms with Gasteiger partial charge in [-0.15, -0.1) is 0 Å². The third kappa shape index (κ3) is 2.65. The van der Waals surface area contributed by atoms with Gasteiger partial charge in [0, 0.05) is 9.79 Å². The van der Waals surface area contributed by atoms with E-state index in [1.807, 2.05) is 6.07 Å². The number of aliphatic hydroxyl groups excluding tert-OH is 1. The molecular formula is C14H11NO2S. The first-order valence-electron chi connectivity index (χ1n) is 5.36. The van der Waals surface area contributed by atoms with Gasteiger partial charge in [0.05, 0.1) is 29.0 Å². The van der Waals surface area contributed by atoms with Gasteiger partial charge in [0.1, 0.15) is 0 Å². The van der Waals surface area contributed by atoms with E-state index in [0.717, 1.165) is 5.56 Å². The Labute approximate surface area is 108 Å². The third-order valence-corrected chi connectivity index (χ3v) is 3.84. The maximum atomic E-state index is 12.3. The number of rotatable bonds is 3. The van der Waals surface area contributed by atoms with Crippen LogP contribution in [0.25, 0.3) is 0 Å². The number of benzene rings is 2. The summed E-state index contributed by atoms with van der Waals surface area (Å²) in [6.07, 6.45) is 0. The van der Waals surface area contributed by atoms with Crippen molar-refractivity contribution in [3.8, 4) is 6.07 Å².